The lowest BCUT2D eigenvalue weighted by Crippen LogP contribution is -2.27. The fraction of sp³-hybridized carbons (Fsp3) is 0.440. The summed E-state index contributed by atoms with van der Waals surface area (Å²) in [4.78, 5) is 17.6. The topological polar surface area (TPSA) is 51.1 Å². The third-order valence-corrected chi connectivity index (χ3v) is 5.57. The third kappa shape index (κ3) is 8.96. The summed E-state index contributed by atoms with van der Waals surface area (Å²) in [5.41, 5.74) is 2.78. The molecule has 0 bridgehead atoms. The number of fused-ring (bicyclic) bond motifs is 1. The second kappa shape index (κ2) is 15.9. The second-order valence-corrected chi connectivity index (χ2v) is 7.61. The molecule has 2 aromatic rings. The maximum absolute atomic E-state index is 11.4. The van der Waals surface area contributed by atoms with Gasteiger partial charge in [0, 0.05) is 23.6 Å². The molecule has 0 saturated carbocycles. The van der Waals surface area contributed by atoms with Gasteiger partial charge in [-0.25, -0.2) is 0 Å². The van der Waals surface area contributed by atoms with Gasteiger partial charge in [0.25, 0.3) is 0 Å². The molecular formula is C25H35BrN2O3S. The molecule has 1 heterocycles. The molecule has 0 fully saturated rings. The number of rotatable bonds is 9. The average molecular weight is 524 g/mol. The number of Topliss-reactive ketones (excluding diaryl/α,β-unsaturated/α-hetero) is 1. The van der Waals surface area contributed by atoms with E-state index in [1.165, 1.54) is 0 Å². The van der Waals surface area contributed by atoms with Gasteiger partial charge >= 0.3 is 0 Å². The fourth-order valence-electron chi connectivity index (χ4n) is 3.10. The number of hydrogen-bond donors (Lipinski definition) is 1. The summed E-state index contributed by atoms with van der Waals surface area (Å²) in [5.74, 6) is 2.32. The number of halogens is 1. The van der Waals surface area contributed by atoms with Crippen molar-refractivity contribution in [1.29, 1.82) is 0 Å². The molecule has 7 heteroatoms. The number of carbonyl (C=O) groups is 1. The first-order chi connectivity index (χ1) is 15.5. The Morgan fingerprint density at radius 1 is 1.22 bits per heavy atom. The molecule has 1 aliphatic rings. The summed E-state index contributed by atoms with van der Waals surface area (Å²) in [6.45, 7) is 14.4. The largest absolute Gasteiger partial charge is 0.493 e. The maximum Gasteiger partial charge on any atom is 0.173 e. The Morgan fingerprint density at radius 2 is 1.88 bits per heavy atom. The van der Waals surface area contributed by atoms with Gasteiger partial charge in [-0.3, -0.25) is 9.79 Å². The molecule has 1 unspecified atom stereocenters. The van der Waals surface area contributed by atoms with Gasteiger partial charge in [0.15, 0.2) is 5.78 Å². The summed E-state index contributed by atoms with van der Waals surface area (Å²) in [7, 11) is 0. The lowest BCUT2D eigenvalue weighted by atomic mass is 10.00. The van der Waals surface area contributed by atoms with Gasteiger partial charge in [-0.1, -0.05) is 36.7 Å². The van der Waals surface area contributed by atoms with E-state index in [-0.39, 0.29) is 5.78 Å². The van der Waals surface area contributed by atoms with Crippen LogP contribution in [-0.2, 0) is 0 Å². The first kappa shape index (κ1) is 28.2. The Morgan fingerprint density at radius 3 is 2.44 bits per heavy atom. The average Bonchev–Trinajstić information content (AvgIpc) is 3.23. The van der Waals surface area contributed by atoms with Crippen molar-refractivity contribution in [2.75, 3.05) is 44.4 Å². The number of ether oxygens (including phenoxy) is 2. The number of alkyl halides is 1. The molecule has 176 valence electrons. The van der Waals surface area contributed by atoms with Crippen LogP contribution in [0.5, 0.6) is 11.5 Å². The maximum atomic E-state index is 11.4. The van der Waals surface area contributed by atoms with E-state index >= 15 is 0 Å². The normalized spacial score (nSPS) is 13.7. The lowest BCUT2D eigenvalue weighted by Gasteiger charge is -2.17. The number of nitrogens with zero attached hydrogens (tertiary/aromatic N) is 2. The van der Waals surface area contributed by atoms with Crippen LogP contribution in [0.25, 0.3) is 0 Å². The van der Waals surface area contributed by atoms with Gasteiger partial charge in [0.1, 0.15) is 18.1 Å². The Balaban J connectivity index is 0.000000299. The van der Waals surface area contributed by atoms with Crippen LogP contribution < -0.4 is 9.47 Å². The number of likely N-dealkylation sites (N-methyl/N-ethyl adjacent to an activating group) is 1. The van der Waals surface area contributed by atoms with Gasteiger partial charge in [-0.2, -0.15) is 12.6 Å². The molecular weight excluding hydrogens is 488 g/mol. The first-order valence-electron chi connectivity index (χ1n) is 10.7. The van der Waals surface area contributed by atoms with Crippen molar-refractivity contribution in [2.24, 2.45) is 4.99 Å². The monoisotopic (exact) mass is 522 g/mol. The number of thiol groups is 1. The SMILES string of the molecule is C=Nc1ccc(OCCN(CC)CC)cc1.CC1COc2ccc(C(=O)CBr)cc21.CS. The highest BCUT2D eigenvalue weighted by atomic mass is 79.9. The zero-order valence-corrected chi connectivity index (χ0v) is 22.0. The molecule has 0 aromatic heterocycles. The first-order valence-corrected chi connectivity index (χ1v) is 12.8. The number of benzene rings is 2. The van der Waals surface area contributed by atoms with Gasteiger partial charge in [-0.05, 0) is 68.5 Å². The number of carbonyl (C=O) groups excluding carboxylic acids is 1. The van der Waals surface area contributed by atoms with E-state index in [0.717, 1.165) is 61.2 Å². The molecule has 5 nitrogen and oxygen atoms in total. The van der Waals surface area contributed by atoms with Crippen LogP contribution >= 0.6 is 28.6 Å². The van der Waals surface area contributed by atoms with E-state index in [1.807, 2.05) is 42.5 Å². The lowest BCUT2D eigenvalue weighted by molar-refractivity contribution is 0.102. The summed E-state index contributed by atoms with van der Waals surface area (Å²) in [6, 6.07) is 13.3. The highest BCUT2D eigenvalue weighted by Crippen LogP contribution is 2.34. The zero-order valence-electron chi connectivity index (χ0n) is 19.5. The van der Waals surface area contributed by atoms with Gasteiger partial charge < -0.3 is 14.4 Å². The minimum atomic E-state index is 0.118. The van der Waals surface area contributed by atoms with Crippen molar-refractivity contribution in [1.82, 2.24) is 4.90 Å². The highest BCUT2D eigenvalue weighted by molar-refractivity contribution is 9.09. The van der Waals surface area contributed by atoms with E-state index in [4.69, 9.17) is 9.47 Å². The molecule has 3 rings (SSSR count). The molecule has 0 saturated heterocycles. The van der Waals surface area contributed by atoms with Gasteiger partial charge in [-0.15, -0.1) is 0 Å². The Bertz CT molecular complexity index is 826. The van der Waals surface area contributed by atoms with Crippen LogP contribution in [0.4, 0.5) is 5.69 Å². The third-order valence-electron chi connectivity index (χ3n) is 5.06. The van der Waals surface area contributed by atoms with Crippen LogP contribution in [0.2, 0.25) is 0 Å². The Hall–Kier alpha value is -1.83. The molecule has 0 amide bonds. The van der Waals surface area contributed by atoms with E-state index in [9.17, 15) is 4.79 Å². The quantitative estimate of drug-likeness (QED) is 0.188. The minimum absolute atomic E-state index is 0.118. The molecule has 1 aliphatic heterocycles. The van der Waals surface area contributed by atoms with Crippen molar-refractivity contribution < 1.29 is 14.3 Å². The number of ketones is 1. The highest BCUT2D eigenvalue weighted by Gasteiger charge is 2.21. The van der Waals surface area contributed by atoms with Crippen molar-refractivity contribution in [2.45, 2.75) is 26.7 Å². The molecule has 0 spiro atoms. The Labute approximate surface area is 206 Å². The summed E-state index contributed by atoms with van der Waals surface area (Å²) in [6.07, 6.45) is 1.69. The standard InChI is InChI=1S/C13H20N2O.C11H11BrO2.CH4S/c1-4-15(5-2)10-11-16-13-8-6-12(14-3)7-9-13;1-7-6-14-11-3-2-8(4-9(7)11)10(13)5-12;1-2/h6-9H,3-5,10-11H2,1-2H3;2-4,7H,5-6H2,1H3;2H,1H3. The summed E-state index contributed by atoms with van der Waals surface area (Å²) >= 11 is 6.69. The van der Waals surface area contributed by atoms with Crippen molar-refractivity contribution in [3.63, 3.8) is 0 Å². The number of hydrogen-bond acceptors (Lipinski definition) is 6. The van der Waals surface area contributed by atoms with E-state index in [1.54, 1.807) is 6.26 Å². The van der Waals surface area contributed by atoms with Gasteiger partial charge in [0.05, 0.1) is 17.6 Å². The summed E-state index contributed by atoms with van der Waals surface area (Å²) < 4.78 is 11.1. The van der Waals surface area contributed by atoms with Gasteiger partial charge in [0.2, 0.25) is 0 Å². The number of aliphatic imine (C=N–C) groups is 1. The van der Waals surface area contributed by atoms with E-state index < -0.39 is 0 Å². The van der Waals surface area contributed by atoms with E-state index in [0.29, 0.717) is 11.2 Å². The van der Waals surface area contributed by atoms with Crippen LogP contribution in [0.3, 0.4) is 0 Å². The van der Waals surface area contributed by atoms with Crippen LogP contribution in [0.15, 0.2) is 47.5 Å². The molecule has 0 N–H and O–H groups in total. The Kier molecular flexibility index (Phi) is 14.0. The van der Waals surface area contributed by atoms with Crippen molar-refractivity contribution >= 4 is 46.7 Å². The molecule has 0 aliphatic carbocycles. The minimum Gasteiger partial charge on any atom is -0.493 e. The van der Waals surface area contributed by atoms with Crippen LogP contribution in [0, 0.1) is 0 Å². The predicted molar refractivity (Wildman–Crippen MR) is 142 cm³/mol. The summed E-state index contributed by atoms with van der Waals surface area (Å²) in [5, 5.41) is 0.376. The zero-order chi connectivity index (χ0) is 23.9. The van der Waals surface area contributed by atoms with Crippen LogP contribution in [0.1, 0.15) is 42.6 Å². The van der Waals surface area contributed by atoms with Crippen LogP contribution in [-0.4, -0.2) is 61.8 Å². The molecule has 32 heavy (non-hydrogen) atoms. The molecule has 2 aromatic carbocycles. The van der Waals surface area contributed by atoms with E-state index in [2.05, 4.69) is 65.9 Å². The predicted octanol–water partition coefficient (Wildman–Crippen LogP) is 6.05. The molecule has 0 radical (unpaired) electrons. The molecule has 1 atom stereocenters. The van der Waals surface area contributed by atoms with Crippen molar-refractivity contribution in [3.8, 4) is 11.5 Å². The second-order valence-electron chi connectivity index (χ2n) is 7.05. The van der Waals surface area contributed by atoms with Crippen molar-refractivity contribution in [3.05, 3.63) is 53.6 Å². The smallest absolute Gasteiger partial charge is 0.173 e. The fourth-order valence-corrected chi connectivity index (χ4v) is 3.42.